The molecule has 0 saturated carbocycles. The van der Waals surface area contributed by atoms with Crippen LogP contribution in [0.1, 0.15) is 27.3 Å². The first-order valence-corrected chi connectivity index (χ1v) is 7.37. The number of amides is 2. The Hall–Kier alpha value is -1.88. The molecule has 5 heteroatoms. The molecule has 2 N–H and O–H groups in total. The van der Waals surface area contributed by atoms with Gasteiger partial charge in [-0.2, -0.15) is 0 Å². The van der Waals surface area contributed by atoms with E-state index in [0.29, 0.717) is 6.54 Å². The fraction of sp³-hybridized carbons (Fsp3) is 0.333. The van der Waals surface area contributed by atoms with Crippen molar-refractivity contribution >= 4 is 23.1 Å². The molecule has 0 aliphatic carbocycles. The fourth-order valence-corrected chi connectivity index (χ4v) is 2.91. The minimum absolute atomic E-state index is 0.187. The molecule has 1 aromatic heterocycles. The summed E-state index contributed by atoms with van der Waals surface area (Å²) in [6.07, 6.45) is 0. The monoisotopic (exact) mass is 289 g/mol. The number of anilines is 1. The van der Waals surface area contributed by atoms with E-state index in [1.54, 1.807) is 16.8 Å². The van der Waals surface area contributed by atoms with E-state index in [1.165, 1.54) is 5.56 Å². The molecule has 20 heavy (non-hydrogen) atoms. The predicted molar refractivity (Wildman–Crippen MR) is 83.4 cm³/mol. The lowest BCUT2D eigenvalue weighted by molar-refractivity contribution is 0.252. The summed E-state index contributed by atoms with van der Waals surface area (Å²) >= 11 is 1.55. The summed E-state index contributed by atoms with van der Waals surface area (Å²) < 4.78 is 0. The molecular weight excluding hydrogens is 270 g/mol. The van der Waals surface area contributed by atoms with Crippen LogP contribution in [-0.2, 0) is 6.54 Å². The number of nitrogens with one attached hydrogen (secondary N) is 2. The van der Waals surface area contributed by atoms with Crippen molar-refractivity contribution in [3.8, 4) is 0 Å². The van der Waals surface area contributed by atoms with Gasteiger partial charge in [-0.3, -0.25) is 0 Å². The molecule has 106 valence electrons. The van der Waals surface area contributed by atoms with E-state index in [4.69, 9.17) is 0 Å². The average molecular weight is 289 g/mol. The molecule has 2 aromatic rings. The van der Waals surface area contributed by atoms with Crippen LogP contribution >= 0.6 is 11.3 Å². The maximum absolute atomic E-state index is 12.0. The lowest BCUT2D eigenvalue weighted by atomic mass is 10.1. The maximum Gasteiger partial charge on any atom is 0.319 e. The summed E-state index contributed by atoms with van der Waals surface area (Å²) in [5, 5.41) is 5.79. The number of hydrogen-bond acceptors (Lipinski definition) is 3. The highest BCUT2D eigenvalue weighted by molar-refractivity contribution is 7.09. The van der Waals surface area contributed by atoms with Gasteiger partial charge in [-0.05, 0) is 38.8 Å². The van der Waals surface area contributed by atoms with Gasteiger partial charge in [0, 0.05) is 10.6 Å². The second-order valence-corrected chi connectivity index (χ2v) is 5.88. The van der Waals surface area contributed by atoms with Gasteiger partial charge in [0.25, 0.3) is 0 Å². The van der Waals surface area contributed by atoms with Gasteiger partial charge >= 0.3 is 6.03 Å². The van der Waals surface area contributed by atoms with Gasteiger partial charge in [-0.1, -0.05) is 17.7 Å². The van der Waals surface area contributed by atoms with Gasteiger partial charge in [-0.25, -0.2) is 9.78 Å². The highest BCUT2D eigenvalue weighted by Crippen LogP contribution is 2.21. The van der Waals surface area contributed by atoms with Crippen molar-refractivity contribution in [2.45, 2.75) is 34.2 Å². The molecule has 2 amide bonds. The highest BCUT2D eigenvalue weighted by Gasteiger charge is 2.09. The van der Waals surface area contributed by atoms with E-state index in [9.17, 15) is 4.79 Å². The number of nitrogens with zero attached hydrogens (tertiary/aromatic N) is 1. The maximum atomic E-state index is 12.0. The number of carbonyl (C=O) groups is 1. The Kier molecular flexibility index (Phi) is 4.39. The molecule has 1 aromatic carbocycles. The summed E-state index contributed by atoms with van der Waals surface area (Å²) in [7, 11) is 0. The molecule has 0 aliphatic heterocycles. The minimum Gasteiger partial charge on any atom is -0.333 e. The second-order valence-electron chi connectivity index (χ2n) is 4.94. The van der Waals surface area contributed by atoms with Crippen LogP contribution in [0.4, 0.5) is 10.5 Å². The lowest BCUT2D eigenvalue weighted by Crippen LogP contribution is -2.28. The average Bonchev–Trinajstić information content (AvgIpc) is 2.77. The predicted octanol–water partition coefficient (Wildman–Crippen LogP) is 3.70. The van der Waals surface area contributed by atoms with Crippen molar-refractivity contribution in [3.05, 3.63) is 44.9 Å². The van der Waals surface area contributed by atoms with Gasteiger partial charge in [0.2, 0.25) is 0 Å². The van der Waals surface area contributed by atoms with Crippen molar-refractivity contribution in [3.63, 3.8) is 0 Å². The van der Waals surface area contributed by atoms with Gasteiger partial charge < -0.3 is 10.6 Å². The van der Waals surface area contributed by atoms with Gasteiger partial charge in [0.05, 0.1) is 17.7 Å². The van der Waals surface area contributed by atoms with E-state index in [0.717, 1.165) is 27.4 Å². The number of rotatable bonds is 3. The Morgan fingerprint density at radius 2 is 1.85 bits per heavy atom. The fourth-order valence-electron chi connectivity index (χ4n) is 2.19. The second kappa shape index (κ2) is 6.05. The minimum atomic E-state index is -0.187. The standard InChI is InChI=1S/C15H19N3OS/c1-9-5-10(2)14(11(3)6-9)18-15(19)16-7-13-12(4)17-8-20-13/h5-6,8H,7H2,1-4H3,(H2,16,18,19). The third kappa shape index (κ3) is 3.36. The molecule has 0 bridgehead atoms. The Bertz CT molecular complexity index is 611. The molecule has 0 fully saturated rings. The molecule has 0 saturated heterocycles. The van der Waals surface area contributed by atoms with E-state index >= 15 is 0 Å². The van der Waals surface area contributed by atoms with E-state index in [-0.39, 0.29) is 6.03 Å². The van der Waals surface area contributed by atoms with Crippen LogP contribution in [0.3, 0.4) is 0 Å². The molecule has 0 aliphatic rings. The Balaban J connectivity index is 2.00. The summed E-state index contributed by atoms with van der Waals surface area (Å²) in [6.45, 7) is 8.51. The highest BCUT2D eigenvalue weighted by atomic mass is 32.1. The molecule has 2 rings (SSSR count). The van der Waals surface area contributed by atoms with Crippen LogP contribution in [0.5, 0.6) is 0 Å². The van der Waals surface area contributed by atoms with Crippen LogP contribution in [0.2, 0.25) is 0 Å². The molecule has 0 atom stereocenters. The number of carbonyl (C=O) groups excluding carboxylic acids is 1. The topological polar surface area (TPSA) is 54.0 Å². The molecule has 4 nitrogen and oxygen atoms in total. The van der Waals surface area contributed by atoms with Crippen molar-refractivity contribution in [2.75, 3.05) is 5.32 Å². The molecule has 0 unspecified atom stereocenters. The molecular formula is C15H19N3OS. The zero-order chi connectivity index (χ0) is 14.7. The quantitative estimate of drug-likeness (QED) is 0.905. The summed E-state index contributed by atoms with van der Waals surface area (Å²) in [5.41, 5.74) is 7.00. The van der Waals surface area contributed by atoms with Gasteiger partial charge in [0.15, 0.2) is 0 Å². The number of urea groups is 1. The zero-order valence-electron chi connectivity index (χ0n) is 12.2. The van der Waals surface area contributed by atoms with Crippen LogP contribution in [-0.4, -0.2) is 11.0 Å². The SMILES string of the molecule is Cc1cc(C)c(NC(=O)NCc2scnc2C)c(C)c1. The first-order chi connectivity index (χ1) is 9.47. The number of aromatic nitrogens is 1. The number of aryl methyl sites for hydroxylation is 4. The Labute approximate surface area is 123 Å². The molecule has 0 spiro atoms. The van der Waals surface area contributed by atoms with Crippen LogP contribution in [0.25, 0.3) is 0 Å². The smallest absolute Gasteiger partial charge is 0.319 e. The largest absolute Gasteiger partial charge is 0.333 e. The van der Waals surface area contributed by atoms with E-state index in [1.807, 2.05) is 20.8 Å². The normalized spacial score (nSPS) is 10.4. The van der Waals surface area contributed by atoms with Crippen LogP contribution < -0.4 is 10.6 Å². The first-order valence-electron chi connectivity index (χ1n) is 6.49. The summed E-state index contributed by atoms with van der Waals surface area (Å²) in [4.78, 5) is 17.2. The van der Waals surface area contributed by atoms with Crippen LogP contribution in [0, 0.1) is 27.7 Å². The number of hydrogen-bond donors (Lipinski definition) is 2. The van der Waals surface area contributed by atoms with Crippen molar-refractivity contribution in [1.29, 1.82) is 0 Å². The van der Waals surface area contributed by atoms with Crippen LogP contribution in [0.15, 0.2) is 17.6 Å². The molecule has 1 heterocycles. The molecule has 0 radical (unpaired) electrons. The van der Waals surface area contributed by atoms with E-state index in [2.05, 4.69) is 34.7 Å². The van der Waals surface area contributed by atoms with Gasteiger partial charge in [-0.15, -0.1) is 11.3 Å². The van der Waals surface area contributed by atoms with Crippen molar-refractivity contribution < 1.29 is 4.79 Å². The third-order valence-corrected chi connectivity index (χ3v) is 4.11. The Morgan fingerprint density at radius 1 is 1.20 bits per heavy atom. The third-order valence-electron chi connectivity index (χ3n) is 3.17. The van der Waals surface area contributed by atoms with Gasteiger partial charge in [0.1, 0.15) is 0 Å². The van der Waals surface area contributed by atoms with Crippen molar-refractivity contribution in [1.82, 2.24) is 10.3 Å². The summed E-state index contributed by atoms with van der Waals surface area (Å²) in [6, 6.07) is 3.94. The zero-order valence-corrected chi connectivity index (χ0v) is 13.0. The number of benzene rings is 1. The van der Waals surface area contributed by atoms with E-state index < -0.39 is 0 Å². The summed E-state index contributed by atoms with van der Waals surface area (Å²) in [5.74, 6) is 0. The lowest BCUT2D eigenvalue weighted by Gasteiger charge is -2.13. The first kappa shape index (κ1) is 14.5. The van der Waals surface area contributed by atoms with Crippen molar-refractivity contribution in [2.24, 2.45) is 0 Å². The number of thiazole rings is 1. The Morgan fingerprint density at radius 3 is 2.40 bits per heavy atom.